The lowest BCUT2D eigenvalue weighted by atomic mass is 10.1. The van der Waals surface area contributed by atoms with Gasteiger partial charge in [0.05, 0.1) is 29.9 Å². The van der Waals surface area contributed by atoms with Gasteiger partial charge in [0.25, 0.3) is 11.5 Å². The van der Waals surface area contributed by atoms with Crippen LogP contribution in [0.4, 0.5) is 5.82 Å². The molecule has 10 nitrogen and oxygen atoms in total. The molecule has 3 aromatic rings. The van der Waals surface area contributed by atoms with Crippen LogP contribution in [0, 0.1) is 12.8 Å². The van der Waals surface area contributed by atoms with Crippen LogP contribution in [-0.2, 0) is 11.3 Å². The lowest BCUT2D eigenvalue weighted by molar-refractivity contribution is 0.0910. The van der Waals surface area contributed by atoms with E-state index in [-0.39, 0.29) is 23.3 Å². The van der Waals surface area contributed by atoms with Crippen molar-refractivity contribution < 1.29 is 14.1 Å². The molecule has 0 radical (unpaired) electrons. The molecular formula is C22H26N6O4. The first-order valence-corrected chi connectivity index (χ1v) is 10.5. The van der Waals surface area contributed by atoms with E-state index in [0.717, 1.165) is 25.1 Å². The van der Waals surface area contributed by atoms with Gasteiger partial charge < -0.3 is 19.9 Å². The van der Waals surface area contributed by atoms with Crippen LogP contribution < -0.4 is 16.2 Å². The first kappa shape index (κ1) is 21.7. The molecule has 3 heterocycles. The van der Waals surface area contributed by atoms with Gasteiger partial charge in [-0.3, -0.25) is 9.59 Å². The molecule has 2 N–H and O–H groups in total. The maximum atomic E-state index is 12.2. The van der Waals surface area contributed by atoms with Crippen LogP contribution >= 0.6 is 0 Å². The summed E-state index contributed by atoms with van der Waals surface area (Å²) in [6, 6.07) is 8.67. The Balaban J connectivity index is 1.30. The Morgan fingerprint density at radius 3 is 2.88 bits per heavy atom. The number of rotatable bonds is 8. The molecule has 1 fully saturated rings. The van der Waals surface area contributed by atoms with Gasteiger partial charge in [-0.05, 0) is 50.3 Å². The van der Waals surface area contributed by atoms with Crippen LogP contribution in [-0.4, -0.2) is 45.5 Å². The molecule has 1 amide bonds. The van der Waals surface area contributed by atoms with Gasteiger partial charge in [0, 0.05) is 31.8 Å². The van der Waals surface area contributed by atoms with E-state index in [1.807, 2.05) is 12.1 Å². The van der Waals surface area contributed by atoms with Crippen molar-refractivity contribution >= 4 is 11.7 Å². The molecule has 168 valence electrons. The second-order valence-corrected chi connectivity index (χ2v) is 7.97. The molecule has 1 aliphatic carbocycles. The highest BCUT2D eigenvalue weighted by Gasteiger charge is 2.25. The molecule has 0 spiro atoms. The monoisotopic (exact) mass is 438 g/mol. The van der Waals surface area contributed by atoms with Gasteiger partial charge in [0.1, 0.15) is 5.82 Å². The molecule has 0 saturated heterocycles. The number of aryl methyl sites for hydroxylation is 1. The van der Waals surface area contributed by atoms with Crippen molar-refractivity contribution in [2.45, 2.75) is 38.8 Å². The second-order valence-electron chi connectivity index (χ2n) is 7.97. The van der Waals surface area contributed by atoms with E-state index in [1.54, 1.807) is 32.4 Å². The van der Waals surface area contributed by atoms with Gasteiger partial charge in [0.15, 0.2) is 0 Å². The Hall–Kier alpha value is -3.53. The number of amides is 1. The molecule has 1 aliphatic rings. The summed E-state index contributed by atoms with van der Waals surface area (Å²) >= 11 is 0. The summed E-state index contributed by atoms with van der Waals surface area (Å²) in [5, 5.41) is 14.4. The Morgan fingerprint density at radius 2 is 2.16 bits per heavy atom. The molecule has 0 unspecified atom stereocenters. The first-order chi connectivity index (χ1) is 15.5. The van der Waals surface area contributed by atoms with Crippen molar-refractivity contribution in [3.05, 3.63) is 64.0 Å². The molecule has 10 heteroatoms. The van der Waals surface area contributed by atoms with Crippen LogP contribution in [0.3, 0.4) is 0 Å². The number of nitrogens with one attached hydrogen (secondary N) is 2. The van der Waals surface area contributed by atoms with Crippen LogP contribution in [0.5, 0.6) is 0 Å². The SMILES string of the molecule is COCc1ccc(=O)n(-c2ccc(N[C@H]3CC[C@@H](CNC(=O)c4cc(C)no4)C3)nc2)n1. The van der Waals surface area contributed by atoms with Crippen LogP contribution in [0.1, 0.15) is 41.2 Å². The summed E-state index contributed by atoms with van der Waals surface area (Å²) < 4.78 is 11.4. The number of methoxy groups -OCH3 is 1. The van der Waals surface area contributed by atoms with Crippen molar-refractivity contribution in [3.63, 3.8) is 0 Å². The number of anilines is 1. The van der Waals surface area contributed by atoms with Gasteiger partial charge in [-0.25, -0.2) is 4.98 Å². The predicted octanol–water partition coefficient (Wildman–Crippen LogP) is 2.08. The third kappa shape index (κ3) is 5.20. The lowest BCUT2D eigenvalue weighted by Crippen LogP contribution is -2.28. The van der Waals surface area contributed by atoms with E-state index < -0.39 is 0 Å². The molecule has 1 saturated carbocycles. The Labute approximate surface area is 185 Å². The zero-order chi connectivity index (χ0) is 22.5. The summed E-state index contributed by atoms with van der Waals surface area (Å²) in [6.45, 7) is 2.70. The molecule has 0 aromatic carbocycles. The lowest BCUT2D eigenvalue weighted by Gasteiger charge is -2.15. The van der Waals surface area contributed by atoms with Crippen molar-refractivity contribution in [1.29, 1.82) is 0 Å². The van der Waals surface area contributed by atoms with Gasteiger partial charge in [-0.2, -0.15) is 9.78 Å². The van der Waals surface area contributed by atoms with Crippen molar-refractivity contribution in [2.24, 2.45) is 5.92 Å². The fourth-order valence-electron chi connectivity index (χ4n) is 3.85. The number of carbonyl (C=O) groups excluding carboxylic acids is 1. The molecular weight excluding hydrogens is 412 g/mol. The van der Waals surface area contributed by atoms with Crippen LogP contribution in [0.15, 0.2) is 45.8 Å². The number of aromatic nitrogens is 4. The van der Waals surface area contributed by atoms with Gasteiger partial charge >= 0.3 is 0 Å². The fourth-order valence-corrected chi connectivity index (χ4v) is 3.85. The minimum absolute atomic E-state index is 0.228. The average Bonchev–Trinajstić information content (AvgIpc) is 3.43. The summed E-state index contributed by atoms with van der Waals surface area (Å²) in [6.07, 6.45) is 4.56. The molecule has 3 aromatic heterocycles. The first-order valence-electron chi connectivity index (χ1n) is 10.5. The van der Waals surface area contributed by atoms with E-state index >= 15 is 0 Å². The van der Waals surface area contributed by atoms with E-state index in [4.69, 9.17) is 9.26 Å². The molecule has 0 bridgehead atoms. The highest BCUT2D eigenvalue weighted by atomic mass is 16.5. The maximum Gasteiger partial charge on any atom is 0.289 e. The quantitative estimate of drug-likeness (QED) is 0.548. The third-order valence-corrected chi connectivity index (χ3v) is 5.44. The summed E-state index contributed by atoms with van der Waals surface area (Å²) in [7, 11) is 1.58. The van der Waals surface area contributed by atoms with Crippen LogP contribution in [0.2, 0.25) is 0 Å². The zero-order valence-electron chi connectivity index (χ0n) is 18.1. The average molecular weight is 438 g/mol. The van der Waals surface area contributed by atoms with Gasteiger partial charge in [-0.15, -0.1) is 0 Å². The number of ether oxygens (including phenoxy) is 1. The standard InChI is InChI=1S/C22H26N6O4/c1-14-9-19(32-27-14)22(30)24-11-15-3-4-16(10-15)25-20-7-6-18(12-23-20)28-21(29)8-5-17(26-28)13-31-2/h5-9,12,15-16H,3-4,10-11,13H2,1-2H3,(H,23,25)(H,24,30)/t15-,16+/m1/s1. The van der Waals surface area contributed by atoms with Gasteiger partial charge in [0.2, 0.25) is 5.76 Å². The summed E-state index contributed by atoms with van der Waals surface area (Å²) in [5.41, 5.74) is 1.71. The zero-order valence-corrected chi connectivity index (χ0v) is 18.1. The Morgan fingerprint density at radius 1 is 1.28 bits per heavy atom. The van der Waals surface area contributed by atoms with E-state index in [1.165, 1.54) is 10.7 Å². The molecule has 2 atom stereocenters. The predicted molar refractivity (Wildman–Crippen MR) is 117 cm³/mol. The highest BCUT2D eigenvalue weighted by molar-refractivity contribution is 5.91. The largest absolute Gasteiger partial charge is 0.378 e. The molecule has 32 heavy (non-hydrogen) atoms. The van der Waals surface area contributed by atoms with Gasteiger partial charge in [-0.1, -0.05) is 5.16 Å². The summed E-state index contributed by atoms with van der Waals surface area (Å²) in [5.74, 6) is 1.12. The number of hydrogen-bond acceptors (Lipinski definition) is 8. The van der Waals surface area contributed by atoms with Crippen molar-refractivity contribution in [2.75, 3.05) is 19.0 Å². The second kappa shape index (κ2) is 9.73. The topological polar surface area (TPSA) is 124 Å². The highest BCUT2D eigenvalue weighted by Crippen LogP contribution is 2.27. The van der Waals surface area contributed by atoms with Crippen molar-refractivity contribution in [1.82, 2.24) is 25.2 Å². The number of hydrogen-bond donors (Lipinski definition) is 2. The smallest absolute Gasteiger partial charge is 0.289 e. The molecule has 0 aliphatic heterocycles. The van der Waals surface area contributed by atoms with Crippen LogP contribution in [0.25, 0.3) is 5.69 Å². The summed E-state index contributed by atoms with van der Waals surface area (Å²) in [4.78, 5) is 28.7. The van der Waals surface area contributed by atoms with E-state index in [0.29, 0.717) is 36.1 Å². The van der Waals surface area contributed by atoms with E-state index in [9.17, 15) is 9.59 Å². The minimum Gasteiger partial charge on any atom is -0.378 e. The number of nitrogens with zero attached hydrogens (tertiary/aromatic N) is 4. The minimum atomic E-state index is -0.238. The number of carbonyl (C=O) groups is 1. The maximum absolute atomic E-state index is 12.2. The normalized spacial score (nSPS) is 17.9. The third-order valence-electron chi connectivity index (χ3n) is 5.44. The van der Waals surface area contributed by atoms with E-state index in [2.05, 4.69) is 25.9 Å². The fraction of sp³-hybridized carbons (Fsp3) is 0.409. The molecule has 4 rings (SSSR count). The number of pyridine rings is 1. The Bertz CT molecular complexity index is 1120. The van der Waals surface area contributed by atoms with Crippen molar-refractivity contribution in [3.8, 4) is 5.69 Å². The Kier molecular flexibility index (Phi) is 6.60.